The summed E-state index contributed by atoms with van der Waals surface area (Å²) in [7, 11) is 0. The average molecular weight is 342 g/mol. The van der Waals surface area contributed by atoms with Crippen molar-refractivity contribution in [3.63, 3.8) is 0 Å². The summed E-state index contributed by atoms with van der Waals surface area (Å²) in [4.78, 5) is 13.4. The van der Waals surface area contributed by atoms with Crippen LogP contribution in [0.4, 0.5) is 0 Å². The van der Waals surface area contributed by atoms with E-state index in [-0.39, 0.29) is 5.91 Å². The molecule has 0 fully saturated rings. The summed E-state index contributed by atoms with van der Waals surface area (Å²) in [5, 5.41) is 8.80. The Morgan fingerprint density at radius 3 is 2.88 bits per heavy atom. The Labute approximate surface area is 144 Å². The first-order chi connectivity index (χ1) is 11.6. The van der Waals surface area contributed by atoms with Crippen molar-refractivity contribution in [1.82, 2.24) is 10.5 Å². The van der Waals surface area contributed by atoms with Gasteiger partial charge in [-0.2, -0.15) is 0 Å². The van der Waals surface area contributed by atoms with Gasteiger partial charge in [0.05, 0.1) is 17.8 Å². The maximum absolute atomic E-state index is 12.2. The highest BCUT2D eigenvalue weighted by atomic mass is 32.1. The van der Waals surface area contributed by atoms with Crippen LogP contribution in [0.25, 0.3) is 0 Å². The van der Waals surface area contributed by atoms with Crippen LogP contribution in [0.2, 0.25) is 0 Å². The van der Waals surface area contributed by atoms with E-state index in [9.17, 15) is 4.79 Å². The van der Waals surface area contributed by atoms with E-state index in [0.717, 1.165) is 21.9 Å². The maximum Gasteiger partial charge on any atom is 0.251 e. The molecule has 2 aromatic heterocycles. The molecule has 3 rings (SSSR count). The van der Waals surface area contributed by atoms with Crippen LogP contribution in [-0.2, 0) is 13.2 Å². The molecule has 6 heteroatoms. The summed E-state index contributed by atoms with van der Waals surface area (Å²) in [5.41, 5.74) is 2.32. The van der Waals surface area contributed by atoms with Crippen LogP contribution in [0.3, 0.4) is 0 Å². The minimum absolute atomic E-state index is 0.119. The Balaban J connectivity index is 1.62. The normalized spacial score (nSPS) is 10.6. The van der Waals surface area contributed by atoms with E-state index in [1.54, 1.807) is 23.5 Å². The van der Waals surface area contributed by atoms with Gasteiger partial charge in [-0.3, -0.25) is 4.79 Å². The van der Waals surface area contributed by atoms with Crippen molar-refractivity contribution in [2.45, 2.75) is 27.0 Å². The molecule has 0 unspecified atom stereocenters. The zero-order chi connectivity index (χ0) is 16.9. The number of carbonyl (C=O) groups is 1. The molecule has 5 nitrogen and oxygen atoms in total. The SMILES string of the molecule is Cc1noc(C)c1COc1cccc(C(=O)NCc2cccs2)c1. The van der Waals surface area contributed by atoms with E-state index in [2.05, 4.69) is 10.5 Å². The van der Waals surface area contributed by atoms with E-state index in [4.69, 9.17) is 9.26 Å². The fourth-order valence-electron chi connectivity index (χ4n) is 2.27. The highest BCUT2D eigenvalue weighted by Gasteiger charge is 2.11. The highest BCUT2D eigenvalue weighted by Crippen LogP contribution is 2.18. The molecule has 1 N–H and O–H groups in total. The molecule has 0 aliphatic rings. The second-order valence-corrected chi connectivity index (χ2v) is 6.41. The molecule has 124 valence electrons. The summed E-state index contributed by atoms with van der Waals surface area (Å²) in [5.74, 6) is 1.27. The number of thiophene rings is 1. The number of aryl methyl sites for hydroxylation is 2. The maximum atomic E-state index is 12.2. The molecule has 3 aromatic rings. The van der Waals surface area contributed by atoms with Gasteiger partial charge < -0.3 is 14.6 Å². The van der Waals surface area contributed by atoms with Gasteiger partial charge in [0.15, 0.2) is 0 Å². The number of nitrogens with one attached hydrogen (secondary N) is 1. The van der Waals surface area contributed by atoms with Gasteiger partial charge in [-0.15, -0.1) is 11.3 Å². The number of hydrogen-bond donors (Lipinski definition) is 1. The first-order valence-corrected chi connectivity index (χ1v) is 8.46. The van der Waals surface area contributed by atoms with E-state index in [1.165, 1.54) is 0 Å². The van der Waals surface area contributed by atoms with Gasteiger partial charge in [-0.05, 0) is 43.5 Å². The highest BCUT2D eigenvalue weighted by molar-refractivity contribution is 7.09. The Bertz CT molecular complexity index is 805. The smallest absolute Gasteiger partial charge is 0.251 e. The molecular formula is C18H18N2O3S. The number of rotatable bonds is 6. The molecule has 0 saturated heterocycles. The number of ether oxygens (including phenoxy) is 1. The molecule has 0 radical (unpaired) electrons. The van der Waals surface area contributed by atoms with Gasteiger partial charge in [-0.25, -0.2) is 0 Å². The van der Waals surface area contributed by atoms with E-state index < -0.39 is 0 Å². The fraction of sp³-hybridized carbons (Fsp3) is 0.222. The van der Waals surface area contributed by atoms with Crippen molar-refractivity contribution in [2.75, 3.05) is 0 Å². The fourth-order valence-corrected chi connectivity index (χ4v) is 2.92. The van der Waals surface area contributed by atoms with Gasteiger partial charge >= 0.3 is 0 Å². The molecule has 0 aliphatic carbocycles. The minimum Gasteiger partial charge on any atom is -0.489 e. The molecule has 0 spiro atoms. The second-order valence-electron chi connectivity index (χ2n) is 5.38. The Kier molecular flexibility index (Phi) is 4.96. The molecular weight excluding hydrogens is 324 g/mol. The minimum atomic E-state index is -0.119. The lowest BCUT2D eigenvalue weighted by Gasteiger charge is -2.08. The molecule has 0 atom stereocenters. The number of aromatic nitrogens is 1. The largest absolute Gasteiger partial charge is 0.489 e. The van der Waals surface area contributed by atoms with Gasteiger partial charge in [0.1, 0.15) is 18.1 Å². The lowest BCUT2D eigenvalue weighted by atomic mass is 10.2. The van der Waals surface area contributed by atoms with E-state index in [0.29, 0.717) is 24.5 Å². The molecule has 0 saturated carbocycles. The summed E-state index contributed by atoms with van der Waals surface area (Å²) < 4.78 is 10.9. The molecule has 1 amide bonds. The lowest BCUT2D eigenvalue weighted by Crippen LogP contribution is -2.22. The van der Waals surface area contributed by atoms with Crippen LogP contribution in [-0.4, -0.2) is 11.1 Å². The predicted octanol–water partition coefficient (Wildman–Crippen LogP) is 3.86. The third-order valence-corrected chi connectivity index (χ3v) is 4.54. The first-order valence-electron chi connectivity index (χ1n) is 7.58. The quantitative estimate of drug-likeness (QED) is 0.739. The third kappa shape index (κ3) is 3.83. The number of carbonyl (C=O) groups excluding carboxylic acids is 1. The average Bonchev–Trinajstić information content (AvgIpc) is 3.22. The Morgan fingerprint density at radius 2 is 2.17 bits per heavy atom. The topological polar surface area (TPSA) is 64.4 Å². The van der Waals surface area contributed by atoms with Crippen molar-refractivity contribution >= 4 is 17.2 Å². The van der Waals surface area contributed by atoms with E-state index >= 15 is 0 Å². The van der Waals surface area contributed by atoms with Crippen molar-refractivity contribution in [3.05, 3.63) is 69.2 Å². The van der Waals surface area contributed by atoms with Crippen LogP contribution < -0.4 is 10.1 Å². The summed E-state index contributed by atoms with van der Waals surface area (Å²) in [6, 6.07) is 11.1. The molecule has 1 aromatic carbocycles. The van der Waals surface area contributed by atoms with Crippen LogP contribution >= 0.6 is 11.3 Å². The van der Waals surface area contributed by atoms with Crippen molar-refractivity contribution in [3.8, 4) is 5.75 Å². The van der Waals surface area contributed by atoms with Gasteiger partial charge in [-0.1, -0.05) is 17.3 Å². The van der Waals surface area contributed by atoms with Crippen molar-refractivity contribution < 1.29 is 14.1 Å². The molecule has 2 heterocycles. The third-order valence-electron chi connectivity index (χ3n) is 3.66. The number of nitrogens with zero attached hydrogens (tertiary/aromatic N) is 1. The number of hydrogen-bond acceptors (Lipinski definition) is 5. The molecule has 0 aliphatic heterocycles. The van der Waals surface area contributed by atoms with Crippen LogP contribution in [0.5, 0.6) is 5.75 Å². The summed E-state index contributed by atoms with van der Waals surface area (Å²) >= 11 is 1.62. The number of benzene rings is 1. The van der Waals surface area contributed by atoms with Crippen molar-refractivity contribution in [2.24, 2.45) is 0 Å². The zero-order valence-corrected chi connectivity index (χ0v) is 14.4. The Morgan fingerprint density at radius 1 is 1.29 bits per heavy atom. The second kappa shape index (κ2) is 7.31. The van der Waals surface area contributed by atoms with Crippen LogP contribution in [0.1, 0.15) is 32.3 Å². The number of amides is 1. The van der Waals surface area contributed by atoms with E-state index in [1.807, 2.05) is 43.5 Å². The lowest BCUT2D eigenvalue weighted by molar-refractivity contribution is 0.0951. The van der Waals surface area contributed by atoms with Crippen LogP contribution in [0.15, 0.2) is 46.3 Å². The van der Waals surface area contributed by atoms with Gasteiger partial charge in [0.2, 0.25) is 0 Å². The summed E-state index contributed by atoms with van der Waals surface area (Å²) in [6.45, 7) is 4.62. The Hall–Kier alpha value is -2.60. The zero-order valence-electron chi connectivity index (χ0n) is 13.5. The summed E-state index contributed by atoms with van der Waals surface area (Å²) in [6.07, 6.45) is 0. The van der Waals surface area contributed by atoms with Gasteiger partial charge in [0.25, 0.3) is 5.91 Å². The molecule has 24 heavy (non-hydrogen) atoms. The van der Waals surface area contributed by atoms with Crippen LogP contribution in [0, 0.1) is 13.8 Å². The molecule has 0 bridgehead atoms. The first kappa shape index (κ1) is 16.3. The van der Waals surface area contributed by atoms with Gasteiger partial charge in [0, 0.05) is 10.4 Å². The standard InChI is InChI=1S/C18H18N2O3S/c1-12-17(13(2)23-20-12)11-22-15-6-3-5-14(9-15)18(21)19-10-16-7-4-8-24-16/h3-9H,10-11H2,1-2H3,(H,19,21). The van der Waals surface area contributed by atoms with Crippen molar-refractivity contribution in [1.29, 1.82) is 0 Å². The monoisotopic (exact) mass is 342 g/mol. The predicted molar refractivity (Wildman–Crippen MR) is 92.2 cm³/mol.